The molecule has 3 nitrogen and oxygen atoms in total. The lowest BCUT2D eigenvalue weighted by Gasteiger charge is -2.26. The van der Waals surface area contributed by atoms with Gasteiger partial charge in [0.25, 0.3) is 0 Å². The lowest BCUT2D eigenvalue weighted by atomic mass is 9.97. The highest BCUT2D eigenvalue weighted by Gasteiger charge is 2.25. The van der Waals surface area contributed by atoms with Gasteiger partial charge in [0.15, 0.2) is 11.2 Å². The van der Waals surface area contributed by atoms with Crippen molar-refractivity contribution in [1.29, 1.82) is 0 Å². The Hall–Kier alpha value is -7.36. The summed E-state index contributed by atoms with van der Waals surface area (Å²) in [6.07, 6.45) is 0. The number of para-hydroxylation sites is 2. The molecule has 2 heterocycles. The van der Waals surface area contributed by atoms with Crippen LogP contribution in [0.5, 0.6) is 0 Å². The molecule has 0 atom stereocenters. The number of anilines is 3. The molecule has 3 heteroatoms. The third-order valence-electron chi connectivity index (χ3n) is 10.9. The molecule has 0 aliphatic heterocycles. The second kappa shape index (κ2) is 12.6. The Balaban J connectivity index is 1.17. The van der Waals surface area contributed by atoms with Crippen LogP contribution in [0, 0.1) is 0 Å². The Morgan fingerprint density at radius 2 is 0.927 bits per heavy atom. The third-order valence-corrected chi connectivity index (χ3v) is 10.9. The lowest BCUT2D eigenvalue weighted by molar-refractivity contribution is 0.666. The first-order chi connectivity index (χ1) is 27.3. The number of furan rings is 2. The molecule has 0 saturated carbocycles. The van der Waals surface area contributed by atoms with Crippen LogP contribution in [0.4, 0.5) is 17.1 Å². The van der Waals surface area contributed by atoms with Crippen molar-refractivity contribution >= 4 is 71.7 Å². The summed E-state index contributed by atoms with van der Waals surface area (Å²) < 4.78 is 13.8. The smallest absolute Gasteiger partial charge is 0.160 e. The van der Waals surface area contributed by atoms with Gasteiger partial charge in [-0.1, -0.05) is 158 Å². The van der Waals surface area contributed by atoms with E-state index in [1.54, 1.807) is 0 Å². The molecular formula is C52H33NO2. The van der Waals surface area contributed by atoms with Crippen molar-refractivity contribution in [3.63, 3.8) is 0 Å². The van der Waals surface area contributed by atoms with Crippen LogP contribution in [0.2, 0.25) is 0 Å². The van der Waals surface area contributed by atoms with E-state index in [0.29, 0.717) is 0 Å². The van der Waals surface area contributed by atoms with Gasteiger partial charge in [-0.3, -0.25) is 0 Å². The van der Waals surface area contributed by atoms with E-state index in [2.05, 4.69) is 199 Å². The van der Waals surface area contributed by atoms with Gasteiger partial charge in [-0.05, 0) is 86.6 Å². The van der Waals surface area contributed by atoms with Crippen LogP contribution in [0.25, 0.3) is 88.0 Å². The van der Waals surface area contributed by atoms with E-state index in [4.69, 9.17) is 8.83 Å². The Labute approximate surface area is 317 Å². The zero-order valence-corrected chi connectivity index (χ0v) is 29.8. The van der Waals surface area contributed by atoms with Crippen molar-refractivity contribution in [3.05, 3.63) is 200 Å². The molecule has 55 heavy (non-hydrogen) atoms. The summed E-state index contributed by atoms with van der Waals surface area (Å²) in [4.78, 5) is 2.30. The molecule has 0 unspecified atom stereocenters. The molecule has 258 valence electrons. The first-order valence-corrected chi connectivity index (χ1v) is 18.7. The molecule has 0 N–H and O–H groups in total. The highest BCUT2D eigenvalue weighted by atomic mass is 16.3. The molecule has 0 saturated heterocycles. The van der Waals surface area contributed by atoms with Crippen molar-refractivity contribution in [3.8, 4) is 33.4 Å². The van der Waals surface area contributed by atoms with E-state index in [1.807, 2.05) is 6.07 Å². The number of nitrogens with zero attached hydrogens (tertiary/aromatic N) is 1. The van der Waals surface area contributed by atoms with Gasteiger partial charge in [-0.2, -0.15) is 0 Å². The van der Waals surface area contributed by atoms with Crippen LogP contribution in [0.15, 0.2) is 209 Å². The largest absolute Gasteiger partial charge is 0.454 e. The summed E-state index contributed by atoms with van der Waals surface area (Å²) >= 11 is 0. The second-order valence-corrected chi connectivity index (χ2v) is 14.0. The maximum atomic E-state index is 6.90. The van der Waals surface area contributed by atoms with E-state index < -0.39 is 0 Å². The Bertz CT molecular complexity index is 3190. The monoisotopic (exact) mass is 703 g/mol. The first kappa shape index (κ1) is 31.2. The third kappa shape index (κ3) is 5.13. The highest BCUT2D eigenvalue weighted by Crippen LogP contribution is 2.49. The van der Waals surface area contributed by atoms with Crippen LogP contribution in [-0.2, 0) is 0 Å². The van der Waals surface area contributed by atoms with Crippen LogP contribution in [0.3, 0.4) is 0 Å². The van der Waals surface area contributed by atoms with Crippen LogP contribution in [-0.4, -0.2) is 0 Å². The Morgan fingerprint density at radius 3 is 1.73 bits per heavy atom. The average Bonchev–Trinajstić information content (AvgIpc) is 3.85. The van der Waals surface area contributed by atoms with Crippen LogP contribution >= 0.6 is 0 Å². The fourth-order valence-corrected chi connectivity index (χ4v) is 8.30. The molecule has 2 aromatic heterocycles. The molecule has 0 aliphatic rings. The normalized spacial score (nSPS) is 11.6. The van der Waals surface area contributed by atoms with Gasteiger partial charge < -0.3 is 13.7 Å². The minimum atomic E-state index is 0.816. The summed E-state index contributed by atoms with van der Waals surface area (Å²) in [6, 6.07) is 70.7. The lowest BCUT2D eigenvalue weighted by Crippen LogP contribution is -2.10. The molecule has 9 aromatic carbocycles. The Morgan fingerprint density at radius 1 is 0.327 bits per heavy atom. The van der Waals surface area contributed by atoms with Gasteiger partial charge >= 0.3 is 0 Å². The SMILES string of the molecule is c1ccc(-c2cccc3oc4c(N(c5ccc(-c6ccc7ccccc7c6)cc5)c5ccc(-c6ccccc6)c6c5oc5ccccc56)cccc4c23)cc1. The van der Waals surface area contributed by atoms with Gasteiger partial charge in [0.05, 0.1) is 11.4 Å². The fraction of sp³-hybridized carbons (Fsp3) is 0. The van der Waals surface area contributed by atoms with E-state index >= 15 is 0 Å². The van der Waals surface area contributed by atoms with Crippen molar-refractivity contribution in [2.24, 2.45) is 0 Å². The summed E-state index contributed by atoms with van der Waals surface area (Å²) in [5.41, 5.74) is 13.1. The molecule has 0 spiro atoms. The van der Waals surface area contributed by atoms with E-state index in [0.717, 1.165) is 88.8 Å². The Kier molecular flexibility index (Phi) is 7.17. The second-order valence-electron chi connectivity index (χ2n) is 14.0. The van der Waals surface area contributed by atoms with Crippen molar-refractivity contribution in [2.75, 3.05) is 4.90 Å². The van der Waals surface area contributed by atoms with Crippen molar-refractivity contribution in [1.82, 2.24) is 0 Å². The minimum absolute atomic E-state index is 0.816. The predicted octanol–water partition coefficient (Wildman–Crippen LogP) is 15.1. The van der Waals surface area contributed by atoms with Gasteiger partial charge in [-0.15, -0.1) is 0 Å². The van der Waals surface area contributed by atoms with Crippen molar-refractivity contribution < 1.29 is 8.83 Å². The molecule has 11 rings (SSSR count). The summed E-state index contributed by atoms with van der Waals surface area (Å²) in [5, 5.41) is 6.79. The molecule has 11 aromatic rings. The summed E-state index contributed by atoms with van der Waals surface area (Å²) in [6.45, 7) is 0. The summed E-state index contributed by atoms with van der Waals surface area (Å²) in [5.74, 6) is 0. The van der Waals surface area contributed by atoms with Gasteiger partial charge in [0, 0.05) is 27.2 Å². The average molecular weight is 704 g/mol. The van der Waals surface area contributed by atoms with Crippen LogP contribution < -0.4 is 4.90 Å². The molecule has 0 aliphatic carbocycles. The standard InChI is InChI=1S/C52H33NO2/c1-3-14-36(15-4-1)41-20-12-24-48-49(41)44-21-11-22-45(51(44)55-48)53(40-29-27-35(28-30-40)39-26-25-34-13-7-8-18-38(34)33-39)46-32-31-42(37-16-5-2-6-17-37)50-43-19-9-10-23-47(43)54-52(46)50/h1-33H. The van der Waals surface area contributed by atoms with Crippen LogP contribution in [0.1, 0.15) is 0 Å². The molecule has 0 amide bonds. The number of hydrogen-bond acceptors (Lipinski definition) is 3. The van der Waals surface area contributed by atoms with Gasteiger partial charge in [0.1, 0.15) is 11.2 Å². The number of benzene rings is 9. The zero-order chi connectivity index (χ0) is 36.3. The topological polar surface area (TPSA) is 29.5 Å². The van der Waals surface area contributed by atoms with Gasteiger partial charge in [-0.25, -0.2) is 0 Å². The zero-order valence-electron chi connectivity index (χ0n) is 29.8. The fourth-order valence-electron chi connectivity index (χ4n) is 8.30. The maximum absolute atomic E-state index is 6.90. The quantitative estimate of drug-likeness (QED) is 0.173. The molecular weight excluding hydrogens is 671 g/mol. The molecule has 0 fully saturated rings. The maximum Gasteiger partial charge on any atom is 0.160 e. The molecule has 0 bridgehead atoms. The van der Waals surface area contributed by atoms with E-state index in [1.165, 1.54) is 16.3 Å². The van der Waals surface area contributed by atoms with E-state index in [9.17, 15) is 0 Å². The minimum Gasteiger partial charge on any atom is -0.454 e. The van der Waals surface area contributed by atoms with E-state index in [-0.39, 0.29) is 0 Å². The predicted molar refractivity (Wildman–Crippen MR) is 229 cm³/mol. The number of hydrogen-bond donors (Lipinski definition) is 0. The van der Waals surface area contributed by atoms with Gasteiger partial charge in [0.2, 0.25) is 0 Å². The van der Waals surface area contributed by atoms with Crippen molar-refractivity contribution in [2.45, 2.75) is 0 Å². The number of rotatable bonds is 6. The first-order valence-electron chi connectivity index (χ1n) is 18.7. The highest BCUT2D eigenvalue weighted by molar-refractivity contribution is 6.19. The molecule has 0 radical (unpaired) electrons. The number of fused-ring (bicyclic) bond motifs is 7. The summed E-state index contributed by atoms with van der Waals surface area (Å²) in [7, 11) is 0.